The van der Waals surface area contributed by atoms with E-state index in [9.17, 15) is 9.90 Å². The molecular weight excluding hydrogens is 281 g/mol. The quantitative estimate of drug-likeness (QED) is 0.816. The molecule has 0 fully saturated rings. The highest BCUT2D eigenvalue weighted by Gasteiger charge is 2.04. The lowest BCUT2D eigenvalue weighted by atomic mass is 10.1. The van der Waals surface area contributed by atoms with Crippen LogP contribution in [0.3, 0.4) is 0 Å². The van der Waals surface area contributed by atoms with E-state index < -0.39 is 6.04 Å². The number of phenolic OH excluding ortho intramolecular Hbond substituents is 1. The summed E-state index contributed by atoms with van der Waals surface area (Å²) in [6, 6.07) is 4.55. The molecule has 0 heterocycles. The smallest absolute Gasteiger partial charge is 0.217 e. The average Bonchev–Trinajstić information content (AvgIpc) is 2.11. The van der Waals surface area contributed by atoms with Crippen LogP contribution in [0.1, 0.15) is 5.56 Å². The van der Waals surface area contributed by atoms with Crippen LogP contribution in [0.25, 0.3) is 0 Å². The van der Waals surface area contributed by atoms with Crippen LogP contribution >= 0.6 is 22.6 Å². The van der Waals surface area contributed by atoms with Crippen LogP contribution in [0.15, 0.2) is 18.2 Å². The number of hydrogen-bond acceptors (Lipinski definition) is 3. The summed E-state index contributed by atoms with van der Waals surface area (Å²) in [6.07, 6.45) is 2.17. The molecule has 1 aromatic rings. The number of phenols is 1. The van der Waals surface area contributed by atoms with Crippen molar-refractivity contribution in [2.24, 2.45) is 5.73 Å². The van der Waals surface area contributed by atoms with E-state index in [2.05, 4.69) is 0 Å². The monoisotopic (exact) mass is 290 g/mol. The van der Waals surface area contributed by atoms with Crippen molar-refractivity contribution in [3.63, 3.8) is 0 Å². The molecular formula is C9H9INO2. The highest BCUT2D eigenvalue weighted by atomic mass is 127. The molecule has 0 spiro atoms. The van der Waals surface area contributed by atoms with Gasteiger partial charge in [0.1, 0.15) is 5.75 Å². The predicted molar refractivity (Wildman–Crippen MR) is 58.2 cm³/mol. The van der Waals surface area contributed by atoms with Crippen molar-refractivity contribution in [2.45, 2.75) is 12.5 Å². The molecule has 0 bridgehead atoms. The standard InChI is InChI=1S/C9H9INO2/c10-8-4-6(1-2-9(8)13)3-7(11)5-12/h1-2,4,7,13H,3,11H2. The van der Waals surface area contributed by atoms with Crippen molar-refractivity contribution in [3.05, 3.63) is 27.3 Å². The molecule has 4 heteroatoms. The van der Waals surface area contributed by atoms with Gasteiger partial charge < -0.3 is 10.8 Å². The van der Waals surface area contributed by atoms with Crippen molar-refractivity contribution in [1.82, 2.24) is 0 Å². The van der Waals surface area contributed by atoms with Crippen molar-refractivity contribution in [1.29, 1.82) is 0 Å². The van der Waals surface area contributed by atoms with Crippen LogP contribution in [0.4, 0.5) is 0 Å². The molecule has 13 heavy (non-hydrogen) atoms. The van der Waals surface area contributed by atoms with E-state index in [1.54, 1.807) is 24.5 Å². The Kier molecular flexibility index (Phi) is 3.68. The molecule has 0 aliphatic carbocycles. The minimum Gasteiger partial charge on any atom is -0.507 e. The fourth-order valence-corrected chi connectivity index (χ4v) is 1.55. The van der Waals surface area contributed by atoms with Gasteiger partial charge in [-0.3, -0.25) is 4.79 Å². The zero-order valence-electron chi connectivity index (χ0n) is 6.83. The van der Waals surface area contributed by atoms with Crippen molar-refractivity contribution < 1.29 is 9.90 Å². The maximum atomic E-state index is 10.2. The third kappa shape index (κ3) is 2.96. The van der Waals surface area contributed by atoms with Gasteiger partial charge in [0, 0.05) is 0 Å². The number of benzene rings is 1. The van der Waals surface area contributed by atoms with Crippen molar-refractivity contribution in [3.8, 4) is 5.75 Å². The minimum absolute atomic E-state index is 0.244. The average molecular weight is 290 g/mol. The van der Waals surface area contributed by atoms with E-state index in [1.165, 1.54) is 0 Å². The topological polar surface area (TPSA) is 63.3 Å². The van der Waals surface area contributed by atoms with Crippen molar-refractivity contribution in [2.75, 3.05) is 0 Å². The Morgan fingerprint density at radius 2 is 2.31 bits per heavy atom. The Balaban J connectivity index is 2.79. The molecule has 0 aliphatic rings. The van der Waals surface area contributed by atoms with Crippen LogP contribution in [0.5, 0.6) is 5.75 Å². The van der Waals surface area contributed by atoms with E-state index in [0.717, 1.165) is 9.13 Å². The SMILES string of the molecule is NC([C]=O)Cc1ccc(O)c(I)c1. The second-order valence-electron chi connectivity index (χ2n) is 2.71. The molecule has 0 saturated heterocycles. The first-order valence-electron chi connectivity index (χ1n) is 3.74. The Morgan fingerprint density at radius 3 is 2.85 bits per heavy atom. The normalized spacial score (nSPS) is 12.5. The summed E-state index contributed by atoms with van der Waals surface area (Å²) < 4.78 is 0.758. The highest BCUT2D eigenvalue weighted by Crippen LogP contribution is 2.20. The Labute approximate surface area is 90.1 Å². The Morgan fingerprint density at radius 1 is 1.62 bits per heavy atom. The first-order valence-corrected chi connectivity index (χ1v) is 4.82. The number of aromatic hydroxyl groups is 1. The molecule has 0 saturated carbocycles. The first kappa shape index (κ1) is 10.5. The zero-order valence-corrected chi connectivity index (χ0v) is 8.98. The van der Waals surface area contributed by atoms with Crippen LogP contribution in [-0.4, -0.2) is 17.4 Å². The number of nitrogens with two attached hydrogens (primary N) is 1. The molecule has 1 atom stereocenters. The van der Waals surface area contributed by atoms with Crippen LogP contribution in [0.2, 0.25) is 0 Å². The Hall–Kier alpha value is -0.620. The maximum absolute atomic E-state index is 10.2. The lowest BCUT2D eigenvalue weighted by molar-refractivity contribution is 0.471. The number of rotatable bonds is 3. The fourth-order valence-electron chi connectivity index (χ4n) is 0.973. The van der Waals surface area contributed by atoms with E-state index in [1.807, 2.05) is 22.6 Å². The lowest BCUT2D eigenvalue weighted by Crippen LogP contribution is -2.23. The van der Waals surface area contributed by atoms with Gasteiger partial charge in [-0.05, 0) is 46.7 Å². The summed E-state index contributed by atoms with van der Waals surface area (Å²) >= 11 is 2.02. The van der Waals surface area contributed by atoms with Gasteiger partial charge in [-0.15, -0.1) is 0 Å². The first-order chi connectivity index (χ1) is 6.13. The van der Waals surface area contributed by atoms with Crippen LogP contribution < -0.4 is 5.73 Å². The number of hydrogen-bond donors (Lipinski definition) is 2. The van der Waals surface area contributed by atoms with E-state index in [0.29, 0.717) is 6.42 Å². The summed E-state index contributed by atoms with van der Waals surface area (Å²) in [7, 11) is 0. The van der Waals surface area contributed by atoms with Gasteiger partial charge in [0.15, 0.2) is 0 Å². The molecule has 0 aliphatic heterocycles. The highest BCUT2D eigenvalue weighted by molar-refractivity contribution is 14.1. The Bertz CT molecular complexity index is 314. The molecule has 3 N–H and O–H groups in total. The van der Waals surface area contributed by atoms with Gasteiger partial charge >= 0.3 is 0 Å². The third-order valence-corrected chi connectivity index (χ3v) is 2.48. The summed E-state index contributed by atoms with van der Waals surface area (Å²) in [5.41, 5.74) is 6.33. The van der Waals surface area contributed by atoms with E-state index in [4.69, 9.17) is 5.73 Å². The summed E-state index contributed by atoms with van der Waals surface area (Å²) in [5.74, 6) is 0.244. The predicted octanol–water partition coefficient (Wildman–Crippen LogP) is 0.976. The second kappa shape index (κ2) is 4.57. The number of halogens is 1. The third-order valence-electron chi connectivity index (χ3n) is 1.62. The molecule has 0 aromatic heterocycles. The van der Waals surface area contributed by atoms with Gasteiger partial charge in [0.05, 0.1) is 9.61 Å². The molecule has 1 aromatic carbocycles. The minimum atomic E-state index is -0.583. The molecule has 69 valence electrons. The van der Waals surface area contributed by atoms with Gasteiger partial charge in [0.2, 0.25) is 6.29 Å². The molecule has 3 nitrogen and oxygen atoms in total. The fraction of sp³-hybridized carbons (Fsp3) is 0.222. The van der Waals surface area contributed by atoms with Gasteiger partial charge in [-0.1, -0.05) is 6.07 Å². The van der Waals surface area contributed by atoms with Gasteiger partial charge in [0.25, 0.3) is 0 Å². The summed E-state index contributed by atoms with van der Waals surface area (Å²) in [6.45, 7) is 0. The maximum Gasteiger partial charge on any atom is 0.217 e. The van der Waals surface area contributed by atoms with E-state index in [-0.39, 0.29) is 5.75 Å². The molecule has 1 unspecified atom stereocenters. The molecule has 1 radical (unpaired) electrons. The molecule has 1 rings (SSSR count). The van der Waals surface area contributed by atoms with Crippen LogP contribution in [0, 0.1) is 3.57 Å². The zero-order chi connectivity index (χ0) is 9.84. The van der Waals surface area contributed by atoms with Crippen molar-refractivity contribution >= 4 is 28.9 Å². The summed E-state index contributed by atoms with van der Waals surface area (Å²) in [5, 5.41) is 9.22. The van der Waals surface area contributed by atoms with E-state index >= 15 is 0 Å². The molecule has 0 amide bonds. The van der Waals surface area contributed by atoms with Gasteiger partial charge in [-0.2, -0.15) is 0 Å². The second-order valence-corrected chi connectivity index (χ2v) is 3.88. The summed E-state index contributed by atoms with van der Waals surface area (Å²) in [4.78, 5) is 10.2. The lowest BCUT2D eigenvalue weighted by Gasteiger charge is -2.04. The van der Waals surface area contributed by atoms with Crippen LogP contribution in [-0.2, 0) is 11.2 Å². The van der Waals surface area contributed by atoms with Gasteiger partial charge in [-0.25, -0.2) is 0 Å². The number of carbonyl (C=O) groups excluding carboxylic acids is 1. The largest absolute Gasteiger partial charge is 0.507 e.